The Balaban J connectivity index is 1.91. The van der Waals surface area contributed by atoms with E-state index in [4.69, 9.17) is 4.74 Å². The maximum absolute atomic E-state index is 12.9. The average Bonchev–Trinajstić information content (AvgIpc) is 2.88. The summed E-state index contributed by atoms with van der Waals surface area (Å²) in [6.45, 7) is 6.26. The highest BCUT2D eigenvalue weighted by molar-refractivity contribution is 7.89. The lowest BCUT2D eigenvalue weighted by molar-refractivity contribution is -0.0366. The average molecular weight is 310 g/mol. The predicted octanol–water partition coefficient (Wildman–Crippen LogP) is 1.01. The fraction of sp³-hybridized carbons (Fsp3) is 0.600. The van der Waals surface area contributed by atoms with E-state index in [9.17, 15) is 8.42 Å². The van der Waals surface area contributed by atoms with Crippen molar-refractivity contribution >= 4 is 10.0 Å². The van der Waals surface area contributed by atoms with Crippen molar-refractivity contribution < 1.29 is 13.2 Å². The summed E-state index contributed by atoms with van der Waals surface area (Å²) in [5.41, 5.74) is 1.76. The SMILES string of the molecule is Cc1ccc(C)c(S(=O)(=O)N2C[C@H]3OCCN(C)[C@H]3C2)c1. The van der Waals surface area contributed by atoms with Crippen molar-refractivity contribution in [2.45, 2.75) is 30.9 Å². The zero-order chi connectivity index (χ0) is 15.2. The molecule has 1 aromatic rings. The number of ether oxygens (including phenoxy) is 1. The number of likely N-dealkylation sites (N-methyl/N-ethyl adjacent to an activating group) is 1. The normalized spacial score (nSPS) is 27.8. The maximum atomic E-state index is 12.9. The van der Waals surface area contributed by atoms with Crippen molar-refractivity contribution in [3.05, 3.63) is 29.3 Å². The van der Waals surface area contributed by atoms with Gasteiger partial charge in [-0.2, -0.15) is 4.31 Å². The maximum Gasteiger partial charge on any atom is 0.243 e. The topological polar surface area (TPSA) is 49.9 Å². The molecule has 5 nitrogen and oxygen atoms in total. The summed E-state index contributed by atoms with van der Waals surface area (Å²) in [6.07, 6.45) is -0.0105. The van der Waals surface area contributed by atoms with Gasteiger partial charge in [0.2, 0.25) is 10.0 Å². The van der Waals surface area contributed by atoms with E-state index in [0.717, 1.165) is 17.7 Å². The zero-order valence-electron chi connectivity index (χ0n) is 12.7. The minimum atomic E-state index is -3.45. The van der Waals surface area contributed by atoms with Gasteiger partial charge in [0.15, 0.2) is 0 Å². The Morgan fingerprint density at radius 1 is 1.24 bits per heavy atom. The van der Waals surface area contributed by atoms with Crippen molar-refractivity contribution in [2.24, 2.45) is 0 Å². The number of sulfonamides is 1. The molecule has 0 N–H and O–H groups in total. The molecule has 0 aliphatic carbocycles. The fourth-order valence-electron chi connectivity index (χ4n) is 3.14. The first-order chi connectivity index (χ1) is 9.89. The van der Waals surface area contributed by atoms with Gasteiger partial charge in [-0.3, -0.25) is 4.90 Å². The van der Waals surface area contributed by atoms with Crippen LogP contribution in [0.25, 0.3) is 0 Å². The molecule has 21 heavy (non-hydrogen) atoms. The molecule has 0 radical (unpaired) electrons. The summed E-state index contributed by atoms with van der Waals surface area (Å²) in [5, 5.41) is 0. The van der Waals surface area contributed by atoms with Gasteiger partial charge >= 0.3 is 0 Å². The van der Waals surface area contributed by atoms with Crippen molar-refractivity contribution in [2.75, 3.05) is 33.3 Å². The number of morpholine rings is 1. The molecule has 0 saturated carbocycles. The Labute approximate surface area is 126 Å². The van der Waals surface area contributed by atoms with Crippen molar-refractivity contribution in [1.29, 1.82) is 0 Å². The number of fused-ring (bicyclic) bond motifs is 1. The van der Waals surface area contributed by atoms with Crippen LogP contribution in [0.1, 0.15) is 11.1 Å². The molecule has 2 fully saturated rings. The van der Waals surface area contributed by atoms with Gasteiger partial charge in [-0.05, 0) is 38.1 Å². The molecule has 2 aliphatic heterocycles. The van der Waals surface area contributed by atoms with E-state index in [-0.39, 0.29) is 12.1 Å². The fourth-order valence-corrected chi connectivity index (χ4v) is 4.92. The molecule has 2 saturated heterocycles. The molecule has 2 aliphatic rings. The van der Waals surface area contributed by atoms with Gasteiger partial charge in [0.05, 0.1) is 23.6 Å². The molecule has 6 heteroatoms. The lowest BCUT2D eigenvalue weighted by atomic mass is 10.1. The molecule has 3 rings (SSSR count). The quantitative estimate of drug-likeness (QED) is 0.818. The van der Waals surface area contributed by atoms with Gasteiger partial charge in [0.1, 0.15) is 0 Å². The third-order valence-corrected chi connectivity index (χ3v) is 6.48. The molecule has 0 unspecified atom stereocenters. The molecule has 2 heterocycles. The van der Waals surface area contributed by atoms with Crippen molar-refractivity contribution in [3.63, 3.8) is 0 Å². The van der Waals surface area contributed by atoms with Gasteiger partial charge in [-0.25, -0.2) is 8.42 Å². The summed E-state index contributed by atoms with van der Waals surface area (Å²) in [6, 6.07) is 5.74. The van der Waals surface area contributed by atoms with Crippen molar-refractivity contribution in [1.82, 2.24) is 9.21 Å². The van der Waals surface area contributed by atoms with Crippen LogP contribution in [0.15, 0.2) is 23.1 Å². The summed E-state index contributed by atoms with van der Waals surface area (Å²) < 4.78 is 33.1. The minimum Gasteiger partial charge on any atom is -0.374 e. The lowest BCUT2D eigenvalue weighted by Gasteiger charge is -2.33. The van der Waals surface area contributed by atoms with Crippen LogP contribution in [0.4, 0.5) is 0 Å². The Hall–Kier alpha value is -0.950. The second-order valence-corrected chi connectivity index (χ2v) is 7.95. The highest BCUT2D eigenvalue weighted by Crippen LogP contribution is 2.28. The van der Waals surface area contributed by atoms with E-state index >= 15 is 0 Å². The number of nitrogens with zero attached hydrogens (tertiary/aromatic N) is 2. The molecule has 1 aromatic carbocycles. The second-order valence-electron chi connectivity index (χ2n) is 6.05. The molecule has 0 amide bonds. The first kappa shape index (κ1) is 15.0. The monoisotopic (exact) mass is 310 g/mol. The van der Waals surface area contributed by atoms with Crippen LogP contribution in [0.5, 0.6) is 0 Å². The van der Waals surface area contributed by atoms with Gasteiger partial charge in [-0.15, -0.1) is 0 Å². The van der Waals surface area contributed by atoms with Crippen LogP contribution in [0.3, 0.4) is 0 Å². The van der Waals surface area contributed by atoms with E-state index in [0.29, 0.717) is 24.6 Å². The molecule has 0 bridgehead atoms. The van der Waals surface area contributed by atoms with Gasteiger partial charge in [0, 0.05) is 19.6 Å². The molecule has 116 valence electrons. The van der Waals surface area contributed by atoms with Crippen LogP contribution in [0.2, 0.25) is 0 Å². The first-order valence-electron chi connectivity index (χ1n) is 7.29. The van der Waals surface area contributed by atoms with Gasteiger partial charge in [0.25, 0.3) is 0 Å². The Morgan fingerprint density at radius 3 is 2.71 bits per heavy atom. The summed E-state index contributed by atoms with van der Waals surface area (Å²) in [5.74, 6) is 0. The summed E-state index contributed by atoms with van der Waals surface area (Å²) >= 11 is 0. The standard InChI is InChI=1S/C15H22N2O3S/c1-11-4-5-12(2)15(8-11)21(18,19)17-9-13-14(10-17)20-7-6-16(13)3/h4-5,8,13-14H,6-7,9-10H2,1-3H3/t13-,14+/m0/s1. The largest absolute Gasteiger partial charge is 0.374 e. The van der Waals surface area contributed by atoms with Crippen LogP contribution in [0, 0.1) is 13.8 Å². The second kappa shape index (κ2) is 5.35. The number of hydrogen-bond donors (Lipinski definition) is 0. The van der Waals surface area contributed by atoms with E-state index in [1.807, 2.05) is 33.0 Å². The highest BCUT2D eigenvalue weighted by Gasteiger charge is 2.43. The zero-order valence-corrected chi connectivity index (χ0v) is 13.6. The number of hydrogen-bond acceptors (Lipinski definition) is 4. The van der Waals surface area contributed by atoms with Gasteiger partial charge in [-0.1, -0.05) is 12.1 Å². The molecular weight excluding hydrogens is 288 g/mol. The molecular formula is C15H22N2O3S. The number of benzene rings is 1. The smallest absolute Gasteiger partial charge is 0.243 e. The Bertz CT molecular complexity index is 644. The highest BCUT2D eigenvalue weighted by atomic mass is 32.2. The lowest BCUT2D eigenvalue weighted by Crippen LogP contribution is -2.48. The van der Waals surface area contributed by atoms with Crippen LogP contribution < -0.4 is 0 Å². The Morgan fingerprint density at radius 2 is 2.00 bits per heavy atom. The van der Waals surface area contributed by atoms with Crippen LogP contribution in [-0.2, 0) is 14.8 Å². The van der Waals surface area contributed by atoms with Crippen molar-refractivity contribution in [3.8, 4) is 0 Å². The van der Waals surface area contributed by atoms with Crippen LogP contribution >= 0.6 is 0 Å². The Kier molecular flexibility index (Phi) is 3.81. The molecule has 0 spiro atoms. The predicted molar refractivity (Wildman–Crippen MR) is 80.8 cm³/mol. The third kappa shape index (κ3) is 2.61. The summed E-state index contributed by atoms with van der Waals surface area (Å²) in [4.78, 5) is 2.62. The molecule has 2 atom stereocenters. The van der Waals surface area contributed by atoms with Crippen LogP contribution in [-0.4, -0.2) is 63.1 Å². The molecule has 0 aromatic heterocycles. The number of rotatable bonds is 2. The van der Waals surface area contributed by atoms with E-state index < -0.39 is 10.0 Å². The van der Waals surface area contributed by atoms with E-state index in [1.165, 1.54) is 0 Å². The van der Waals surface area contributed by atoms with Gasteiger partial charge < -0.3 is 4.74 Å². The van der Waals surface area contributed by atoms with E-state index in [1.54, 1.807) is 10.4 Å². The third-order valence-electron chi connectivity index (χ3n) is 4.51. The summed E-state index contributed by atoms with van der Waals surface area (Å²) in [7, 11) is -1.41. The van der Waals surface area contributed by atoms with E-state index in [2.05, 4.69) is 4.90 Å². The minimum absolute atomic E-state index is 0.0105. The number of aryl methyl sites for hydroxylation is 2. The first-order valence-corrected chi connectivity index (χ1v) is 8.73.